The van der Waals surface area contributed by atoms with Crippen LogP contribution in [0.25, 0.3) is 17.0 Å². The number of aromatic nitrogens is 1. The van der Waals surface area contributed by atoms with Crippen molar-refractivity contribution in [3.05, 3.63) is 40.9 Å². The van der Waals surface area contributed by atoms with Crippen LogP contribution in [0.4, 0.5) is 4.79 Å². The van der Waals surface area contributed by atoms with Gasteiger partial charge in [0.1, 0.15) is 6.54 Å². The van der Waals surface area contributed by atoms with Gasteiger partial charge in [-0.25, -0.2) is 0 Å². The van der Waals surface area contributed by atoms with E-state index in [1.807, 2.05) is 42.0 Å². The number of nitrogens with zero attached hydrogens (tertiary/aromatic N) is 2. The van der Waals surface area contributed by atoms with Gasteiger partial charge in [-0.15, -0.1) is 0 Å². The van der Waals surface area contributed by atoms with Crippen LogP contribution < -0.4 is 5.32 Å². The highest BCUT2D eigenvalue weighted by Crippen LogP contribution is 2.34. The highest BCUT2D eigenvalue weighted by Gasteiger charge is 2.34. The summed E-state index contributed by atoms with van der Waals surface area (Å²) in [4.78, 5) is 38.8. The molecule has 1 N–H and O–H groups in total. The van der Waals surface area contributed by atoms with E-state index in [-0.39, 0.29) is 23.6 Å². The van der Waals surface area contributed by atoms with Crippen molar-refractivity contribution in [3.8, 4) is 0 Å². The molecule has 2 aliphatic rings. The van der Waals surface area contributed by atoms with Crippen molar-refractivity contribution < 1.29 is 14.4 Å². The minimum atomic E-state index is -0.230. The first-order valence-electron chi connectivity index (χ1n) is 9.69. The first kappa shape index (κ1) is 18.8. The van der Waals surface area contributed by atoms with Gasteiger partial charge >= 0.3 is 0 Å². The molecule has 1 aliphatic carbocycles. The monoisotopic (exact) mass is 397 g/mol. The lowest BCUT2D eigenvalue weighted by Crippen LogP contribution is -2.29. The predicted molar refractivity (Wildman–Crippen MR) is 111 cm³/mol. The second-order valence-electron chi connectivity index (χ2n) is 7.26. The second kappa shape index (κ2) is 7.83. The number of fused-ring (bicyclic) bond motifs is 1. The molecule has 0 radical (unpaired) electrons. The number of benzene rings is 1. The van der Waals surface area contributed by atoms with E-state index in [1.165, 1.54) is 4.90 Å². The molecule has 7 heteroatoms. The molecule has 1 aliphatic heterocycles. The number of hydrogen-bond acceptors (Lipinski definition) is 4. The van der Waals surface area contributed by atoms with Crippen molar-refractivity contribution in [1.29, 1.82) is 0 Å². The maximum Gasteiger partial charge on any atom is 0.293 e. The number of rotatable bonds is 7. The maximum atomic E-state index is 12.6. The highest BCUT2D eigenvalue weighted by atomic mass is 32.2. The van der Waals surface area contributed by atoms with Crippen molar-refractivity contribution in [2.75, 3.05) is 6.54 Å². The number of amides is 3. The van der Waals surface area contributed by atoms with Crippen molar-refractivity contribution >= 4 is 45.8 Å². The maximum absolute atomic E-state index is 12.6. The van der Waals surface area contributed by atoms with Crippen LogP contribution in [0.15, 0.2) is 35.4 Å². The topological polar surface area (TPSA) is 71.4 Å². The van der Waals surface area contributed by atoms with Gasteiger partial charge in [-0.05, 0) is 43.2 Å². The quantitative estimate of drug-likeness (QED) is 0.722. The Morgan fingerprint density at radius 1 is 1.29 bits per heavy atom. The number of carbonyl (C=O) groups is 3. The van der Waals surface area contributed by atoms with Crippen LogP contribution in [0.2, 0.25) is 0 Å². The van der Waals surface area contributed by atoms with Gasteiger partial charge in [0.2, 0.25) is 5.91 Å². The van der Waals surface area contributed by atoms with Crippen LogP contribution in [0, 0.1) is 0 Å². The van der Waals surface area contributed by atoms with Crippen LogP contribution in [-0.4, -0.2) is 39.1 Å². The number of unbranched alkanes of at least 4 members (excludes halogenated alkanes) is 1. The predicted octanol–water partition coefficient (Wildman–Crippen LogP) is 3.76. The summed E-state index contributed by atoms with van der Waals surface area (Å²) < 4.78 is 1.90. The molecule has 6 nitrogen and oxygen atoms in total. The molecule has 28 heavy (non-hydrogen) atoms. The molecular weight excluding hydrogens is 374 g/mol. The van der Waals surface area contributed by atoms with E-state index in [0.29, 0.717) is 17.5 Å². The molecule has 0 spiro atoms. The summed E-state index contributed by atoms with van der Waals surface area (Å²) in [5.74, 6) is -0.235. The molecule has 2 fully saturated rings. The van der Waals surface area contributed by atoms with E-state index >= 15 is 0 Å². The molecule has 0 unspecified atom stereocenters. The van der Waals surface area contributed by atoms with Crippen LogP contribution in [0.3, 0.4) is 0 Å². The number of para-hydroxylation sites is 1. The molecule has 0 atom stereocenters. The van der Waals surface area contributed by atoms with Crippen LogP contribution >= 0.6 is 11.8 Å². The third-order valence-electron chi connectivity index (χ3n) is 4.97. The summed E-state index contributed by atoms with van der Waals surface area (Å²) in [6.45, 7) is 2.73. The van der Waals surface area contributed by atoms with Crippen molar-refractivity contribution in [3.63, 3.8) is 0 Å². The SMILES string of the molecule is CCCCN1C(=O)S/C(=C\c2cn(CC(=O)NC3CC3)c3ccccc23)C1=O. The number of thioether (sulfide) groups is 1. The Labute approximate surface area is 167 Å². The van der Waals surface area contributed by atoms with Crippen LogP contribution in [-0.2, 0) is 16.1 Å². The molecule has 1 aromatic heterocycles. The van der Waals surface area contributed by atoms with Gasteiger partial charge in [-0.1, -0.05) is 31.5 Å². The first-order chi connectivity index (χ1) is 13.6. The van der Waals surface area contributed by atoms with E-state index in [9.17, 15) is 14.4 Å². The minimum absolute atomic E-state index is 0.00491. The number of imide groups is 1. The molecule has 0 bridgehead atoms. The Morgan fingerprint density at radius 3 is 2.82 bits per heavy atom. The largest absolute Gasteiger partial charge is 0.352 e. The standard InChI is InChI=1S/C21H23N3O3S/c1-2-3-10-24-20(26)18(28-21(24)27)11-14-12-23(13-19(25)22-15-8-9-15)17-7-5-4-6-16(14)17/h4-7,11-12,15H,2-3,8-10,13H2,1H3,(H,22,25)/b18-11-. The Hall–Kier alpha value is -2.54. The summed E-state index contributed by atoms with van der Waals surface area (Å²) >= 11 is 0.985. The highest BCUT2D eigenvalue weighted by molar-refractivity contribution is 8.18. The summed E-state index contributed by atoms with van der Waals surface area (Å²) in [5, 5.41) is 3.75. The lowest BCUT2D eigenvalue weighted by molar-refractivity contribution is -0.123. The smallest absolute Gasteiger partial charge is 0.293 e. The second-order valence-corrected chi connectivity index (χ2v) is 8.25. The Kier molecular flexibility index (Phi) is 5.26. The average molecular weight is 398 g/mol. The van der Waals surface area contributed by atoms with Crippen molar-refractivity contribution in [2.24, 2.45) is 0 Å². The number of nitrogens with one attached hydrogen (secondary N) is 1. The fourth-order valence-corrected chi connectivity index (χ4v) is 4.18. The Bertz CT molecular complexity index is 974. The number of hydrogen-bond donors (Lipinski definition) is 1. The molecule has 1 saturated carbocycles. The lowest BCUT2D eigenvalue weighted by atomic mass is 10.1. The van der Waals surface area contributed by atoms with Crippen molar-refractivity contribution in [2.45, 2.75) is 45.2 Å². The third-order valence-corrected chi connectivity index (χ3v) is 5.88. The van der Waals surface area contributed by atoms with Gasteiger partial charge in [-0.3, -0.25) is 19.3 Å². The molecule has 3 amide bonds. The van der Waals surface area contributed by atoms with Gasteiger partial charge in [-0.2, -0.15) is 0 Å². The molecule has 4 rings (SSSR count). The third kappa shape index (κ3) is 3.85. The summed E-state index contributed by atoms with van der Waals surface area (Å²) in [7, 11) is 0. The van der Waals surface area contributed by atoms with Gasteiger partial charge in [0.25, 0.3) is 11.1 Å². The van der Waals surface area contributed by atoms with E-state index in [4.69, 9.17) is 0 Å². The zero-order valence-corrected chi connectivity index (χ0v) is 16.6. The Balaban J connectivity index is 1.61. The van der Waals surface area contributed by atoms with E-state index in [0.717, 1.165) is 53.9 Å². The molecular formula is C21H23N3O3S. The fourth-order valence-electron chi connectivity index (χ4n) is 3.33. The van der Waals surface area contributed by atoms with Gasteiger partial charge in [0, 0.05) is 35.2 Å². The van der Waals surface area contributed by atoms with Crippen LogP contribution in [0.5, 0.6) is 0 Å². The summed E-state index contributed by atoms with van der Waals surface area (Å²) in [6, 6.07) is 8.12. The van der Waals surface area contributed by atoms with Gasteiger partial charge < -0.3 is 9.88 Å². The van der Waals surface area contributed by atoms with Crippen molar-refractivity contribution in [1.82, 2.24) is 14.8 Å². The summed E-state index contributed by atoms with van der Waals surface area (Å²) in [5.41, 5.74) is 1.78. The first-order valence-corrected chi connectivity index (χ1v) is 10.5. The minimum Gasteiger partial charge on any atom is -0.352 e. The fraction of sp³-hybridized carbons (Fsp3) is 0.381. The summed E-state index contributed by atoms with van der Waals surface area (Å²) in [6.07, 6.45) is 7.50. The van der Waals surface area contributed by atoms with Gasteiger partial charge in [0.05, 0.1) is 4.91 Å². The normalized spacial score (nSPS) is 18.5. The van der Waals surface area contributed by atoms with E-state index < -0.39 is 0 Å². The molecule has 146 valence electrons. The van der Waals surface area contributed by atoms with E-state index in [2.05, 4.69) is 5.32 Å². The zero-order chi connectivity index (χ0) is 19.7. The molecule has 1 saturated heterocycles. The van der Waals surface area contributed by atoms with Crippen LogP contribution in [0.1, 0.15) is 38.2 Å². The van der Waals surface area contributed by atoms with Gasteiger partial charge in [0.15, 0.2) is 0 Å². The Morgan fingerprint density at radius 2 is 2.07 bits per heavy atom. The lowest BCUT2D eigenvalue weighted by Gasteiger charge is -2.10. The number of carbonyl (C=O) groups excluding carboxylic acids is 3. The molecule has 1 aromatic carbocycles. The molecule has 2 heterocycles. The zero-order valence-electron chi connectivity index (χ0n) is 15.8. The van der Waals surface area contributed by atoms with E-state index in [1.54, 1.807) is 6.08 Å². The average Bonchev–Trinajstić information content (AvgIpc) is 3.37. The molecule has 2 aromatic rings.